The molecule has 0 heterocycles. The Hall–Kier alpha value is -0.840. The Kier molecular flexibility index (Phi) is 5.24. The lowest BCUT2D eigenvalue weighted by molar-refractivity contribution is 0.529. The van der Waals surface area contributed by atoms with Gasteiger partial charge in [0.15, 0.2) is 0 Å². The van der Waals surface area contributed by atoms with Gasteiger partial charge < -0.3 is 0 Å². The molecule has 0 aromatic heterocycles. The molecule has 0 aliphatic heterocycles. The number of rotatable bonds is 4. The summed E-state index contributed by atoms with van der Waals surface area (Å²) in [6, 6.07) is 9.19. The molecule has 0 aliphatic rings. The number of hydrazine groups is 1. The lowest BCUT2D eigenvalue weighted by Gasteiger charge is -2.17. The van der Waals surface area contributed by atoms with Crippen LogP contribution in [0, 0.1) is 5.82 Å². The van der Waals surface area contributed by atoms with Crippen molar-refractivity contribution in [2.24, 2.45) is 5.84 Å². The molecule has 0 saturated heterocycles. The smallest absolute Gasteiger partial charge is 0.126 e. The van der Waals surface area contributed by atoms with E-state index in [0.29, 0.717) is 27.1 Å². The molecule has 2 rings (SSSR count). The van der Waals surface area contributed by atoms with Gasteiger partial charge in [-0.1, -0.05) is 34.8 Å². The highest BCUT2D eigenvalue weighted by Crippen LogP contribution is 2.27. The average Bonchev–Trinajstić information content (AvgIpc) is 2.38. The van der Waals surface area contributed by atoms with Crippen molar-refractivity contribution in [1.29, 1.82) is 0 Å². The van der Waals surface area contributed by atoms with Crippen molar-refractivity contribution in [3.8, 4) is 0 Å². The number of nitrogens with two attached hydrogens (primary N) is 1. The molecule has 0 aliphatic carbocycles. The van der Waals surface area contributed by atoms with Crippen molar-refractivity contribution in [2.45, 2.75) is 12.5 Å². The van der Waals surface area contributed by atoms with Crippen LogP contribution < -0.4 is 11.3 Å². The SMILES string of the molecule is NNC(Cc1cc(Cl)ccc1F)c1cc(Cl)cc(Cl)c1. The second-order valence-electron chi connectivity index (χ2n) is 4.36. The number of nitrogens with one attached hydrogen (secondary N) is 1. The number of halogens is 4. The van der Waals surface area contributed by atoms with Gasteiger partial charge >= 0.3 is 0 Å². The maximum atomic E-state index is 13.8. The zero-order valence-electron chi connectivity index (χ0n) is 10.3. The molecule has 0 amide bonds. The van der Waals surface area contributed by atoms with Crippen LogP contribution in [0.5, 0.6) is 0 Å². The lowest BCUT2D eigenvalue weighted by atomic mass is 9.99. The van der Waals surface area contributed by atoms with Crippen LogP contribution in [0.2, 0.25) is 15.1 Å². The molecule has 3 N–H and O–H groups in total. The summed E-state index contributed by atoms with van der Waals surface area (Å²) in [5, 5.41) is 1.47. The van der Waals surface area contributed by atoms with E-state index in [1.807, 2.05) is 0 Å². The molecular weight excluding hydrogens is 322 g/mol. The minimum Gasteiger partial charge on any atom is -0.271 e. The first-order valence-electron chi connectivity index (χ1n) is 5.85. The Labute approximate surface area is 131 Å². The summed E-state index contributed by atoms with van der Waals surface area (Å²) in [6.07, 6.45) is 0.333. The topological polar surface area (TPSA) is 38.0 Å². The Balaban J connectivity index is 2.30. The molecule has 0 saturated carbocycles. The highest BCUT2D eigenvalue weighted by Gasteiger charge is 2.15. The summed E-state index contributed by atoms with van der Waals surface area (Å²) in [6.45, 7) is 0. The summed E-state index contributed by atoms with van der Waals surface area (Å²) < 4.78 is 13.8. The van der Waals surface area contributed by atoms with Crippen LogP contribution in [0.1, 0.15) is 17.2 Å². The summed E-state index contributed by atoms with van der Waals surface area (Å²) in [5.41, 5.74) is 3.89. The highest BCUT2D eigenvalue weighted by molar-refractivity contribution is 6.34. The van der Waals surface area contributed by atoms with Crippen molar-refractivity contribution in [3.05, 3.63) is 68.4 Å². The number of hydrogen-bond donors (Lipinski definition) is 2. The van der Waals surface area contributed by atoms with Crippen molar-refractivity contribution in [2.75, 3.05) is 0 Å². The molecule has 1 unspecified atom stereocenters. The van der Waals surface area contributed by atoms with Gasteiger partial charge in [0, 0.05) is 15.1 Å². The fourth-order valence-electron chi connectivity index (χ4n) is 1.97. The molecule has 1 atom stereocenters. The number of benzene rings is 2. The Morgan fingerprint density at radius 2 is 1.65 bits per heavy atom. The first kappa shape index (κ1) is 15.5. The normalized spacial score (nSPS) is 12.4. The van der Waals surface area contributed by atoms with Crippen LogP contribution in [0.4, 0.5) is 4.39 Å². The summed E-state index contributed by atoms with van der Waals surface area (Å²) >= 11 is 17.8. The van der Waals surface area contributed by atoms with E-state index >= 15 is 0 Å². The molecule has 0 spiro atoms. The fourth-order valence-corrected chi connectivity index (χ4v) is 2.71. The zero-order chi connectivity index (χ0) is 14.7. The second kappa shape index (κ2) is 6.74. The standard InChI is InChI=1S/C14H12Cl3FN2/c15-10-1-2-13(18)8(3-10)6-14(20-19)9-4-11(16)7-12(17)5-9/h1-5,7,14,20H,6,19H2. The molecule has 6 heteroatoms. The van der Waals surface area contributed by atoms with Gasteiger partial charge in [-0.25, -0.2) is 4.39 Å². The quantitative estimate of drug-likeness (QED) is 0.637. The van der Waals surface area contributed by atoms with Crippen LogP contribution >= 0.6 is 34.8 Å². The predicted octanol–water partition coefficient (Wildman–Crippen LogP) is 4.53. The van der Waals surface area contributed by atoms with Gasteiger partial charge in [-0.3, -0.25) is 11.3 Å². The minimum atomic E-state index is -0.331. The van der Waals surface area contributed by atoms with Crippen molar-refractivity contribution in [3.63, 3.8) is 0 Å². The first-order chi connectivity index (χ1) is 9.49. The monoisotopic (exact) mass is 332 g/mol. The molecule has 2 aromatic rings. The van der Waals surface area contributed by atoms with Crippen LogP contribution in [0.15, 0.2) is 36.4 Å². The van der Waals surface area contributed by atoms with E-state index in [4.69, 9.17) is 40.6 Å². The maximum Gasteiger partial charge on any atom is 0.126 e. The van der Waals surface area contributed by atoms with Gasteiger partial charge in [-0.2, -0.15) is 0 Å². The van der Waals surface area contributed by atoms with Gasteiger partial charge in [0.05, 0.1) is 6.04 Å². The largest absolute Gasteiger partial charge is 0.271 e. The van der Waals surface area contributed by atoms with E-state index < -0.39 is 0 Å². The lowest BCUT2D eigenvalue weighted by Crippen LogP contribution is -2.29. The third kappa shape index (κ3) is 3.84. The Bertz CT molecular complexity index is 599. The molecule has 0 fully saturated rings. The molecule has 106 valence electrons. The van der Waals surface area contributed by atoms with E-state index in [0.717, 1.165) is 5.56 Å². The Morgan fingerprint density at radius 3 is 2.25 bits per heavy atom. The van der Waals surface area contributed by atoms with Crippen LogP contribution in [0.3, 0.4) is 0 Å². The van der Waals surface area contributed by atoms with Gasteiger partial charge in [0.2, 0.25) is 0 Å². The van der Waals surface area contributed by atoms with E-state index in [9.17, 15) is 4.39 Å². The molecule has 2 aromatic carbocycles. The molecule has 0 bridgehead atoms. The van der Waals surface area contributed by atoms with Crippen LogP contribution in [0.25, 0.3) is 0 Å². The second-order valence-corrected chi connectivity index (χ2v) is 5.67. The average molecular weight is 334 g/mol. The first-order valence-corrected chi connectivity index (χ1v) is 6.99. The molecule has 0 radical (unpaired) electrons. The number of hydrogen-bond acceptors (Lipinski definition) is 2. The van der Waals surface area contributed by atoms with E-state index in [2.05, 4.69) is 5.43 Å². The molecule has 20 heavy (non-hydrogen) atoms. The van der Waals surface area contributed by atoms with Gasteiger partial charge in [0.1, 0.15) is 5.82 Å². The third-order valence-corrected chi connectivity index (χ3v) is 3.59. The van der Waals surface area contributed by atoms with Crippen molar-refractivity contribution < 1.29 is 4.39 Å². The fraction of sp³-hybridized carbons (Fsp3) is 0.143. The predicted molar refractivity (Wildman–Crippen MR) is 81.6 cm³/mol. The summed E-state index contributed by atoms with van der Waals surface area (Å²) in [5.74, 6) is 5.22. The maximum absolute atomic E-state index is 13.8. The highest BCUT2D eigenvalue weighted by atomic mass is 35.5. The van der Waals surface area contributed by atoms with Crippen molar-refractivity contribution >= 4 is 34.8 Å². The van der Waals surface area contributed by atoms with Gasteiger partial charge in [0.25, 0.3) is 0 Å². The third-order valence-electron chi connectivity index (χ3n) is 2.92. The Morgan fingerprint density at radius 1 is 1.00 bits per heavy atom. The summed E-state index contributed by atoms with van der Waals surface area (Å²) in [4.78, 5) is 0. The van der Waals surface area contributed by atoms with Gasteiger partial charge in [-0.15, -0.1) is 0 Å². The van der Waals surface area contributed by atoms with E-state index in [1.54, 1.807) is 24.3 Å². The van der Waals surface area contributed by atoms with Crippen LogP contribution in [-0.2, 0) is 6.42 Å². The molecular formula is C14H12Cl3FN2. The molecule has 2 nitrogen and oxygen atoms in total. The summed E-state index contributed by atoms with van der Waals surface area (Å²) in [7, 11) is 0. The zero-order valence-corrected chi connectivity index (χ0v) is 12.6. The van der Waals surface area contributed by atoms with E-state index in [1.165, 1.54) is 12.1 Å². The van der Waals surface area contributed by atoms with Crippen molar-refractivity contribution in [1.82, 2.24) is 5.43 Å². The van der Waals surface area contributed by atoms with Gasteiger partial charge in [-0.05, 0) is 53.9 Å². The van der Waals surface area contributed by atoms with Crippen LogP contribution in [-0.4, -0.2) is 0 Å². The minimum absolute atomic E-state index is 0.320. The van der Waals surface area contributed by atoms with E-state index in [-0.39, 0.29) is 11.9 Å².